The maximum atomic E-state index is 13.2. The third-order valence-electron chi connectivity index (χ3n) is 2.38. The van der Waals surface area contributed by atoms with Gasteiger partial charge in [0.25, 0.3) is 0 Å². The molecule has 112 valence electrons. The van der Waals surface area contributed by atoms with Gasteiger partial charge in [0.05, 0.1) is 10.6 Å². The average molecular weight is 303 g/mol. The Bertz CT molecular complexity index is 588. The Morgan fingerprint density at radius 3 is 2.60 bits per heavy atom. The fourth-order valence-electron chi connectivity index (χ4n) is 1.45. The number of hydrogen-bond donors (Lipinski definition) is 3. The number of hydrogen-bond acceptors (Lipinski definition) is 4. The molecule has 0 heterocycles. The van der Waals surface area contributed by atoms with Gasteiger partial charge in [0.15, 0.2) is 0 Å². The van der Waals surface area contributed by atoms with Crippen molar-refractivity contribution in [3.05, 3.63) is 24.0 Å². The molecule has 0 aliphatic carbocycles. The van der Waals surface area contributed by atoms with Crippen molar-refractivity contribution in [2.24, 2.45) is 0 Å². The molecule has 1 aromatic carbocycles. The Kier molecular flexibility index (Phi) is 5.46. The molecule has 0 radical (unpaired) electrons. The molecule has 20 heavy (non-hydrogen) atoms. The van der Waals surface area contributed by atoms with Gasteiger partial charge in [-0.25, -0.2) is 17.5 Å². The molecule has 8 heteroatoms. The van der Waals surface area contributed by atoms with Crippen molar-refractivity contribution in [3.63, 3.8) is 0 Å². The Morgan fingerprint density at radius 1 is 1.40 bits per heavy atom. The second-order valence-corrected chi connectivity index (χ2v) is 6.32. The first-order valence-electron chi connectivity index (χ1n) is 6.06. The zero-order valence-corrected chi connectivity index (χ0v) is 12.1. The van der Waals surface area contributed by atoms with Gasteiger partial charge in [-0.1, -0.05) is 0 Å². The van der Waals surface area contributed by atoms with E-state index in [-0.39, 0.29) is 35.5 Å². The van der Waals surface area contributed by atoms with E-state index >= 15 is 0 Å². The van der Waals surface area contributed by atoms with Crippen LogP contribution in [0, 0.1) is 5.82 Å². The van der Waals surface area contributed by atoms with Crippen LogP contribution >= 0.6 is 0 Å². The molecule has 0 saturated heterocycles. The molecule has 6 nitrogen and oxygen atoms in total. The van der Waals surface area contributed by atoms with Crippen molar-refractivity contribution in [1.29, 1.82) is 0 Å². The monoisotopic (exact) mass is 303 g/mol. The van der Waals surface area contributed by atoms with Crippen molar-refractivity contribution in [3.8, 4) is 0 Å². The van der Waals surface area contributed by atoms with E-state index in [1.165, 1.54) is 12.1 Å². The van der Waals surface area contributed by atoms with Crippen LogP contribution in [0.2, 0.25) is 0 Å². The van der Waals surface area contributed by atoms with Gasteiger partial charge >= 0.3 is 0 Å². The lowest BCUT2D eigenvalue weighted by Crippen LogP contribution is -2.34. The number of anilines is 1. The summed E-state index contributed by atoms with van der Waals surface area (Å²) in [5, 5.41) is 2.64. The SMILES string of the molecule is CC(C)NC(=O)CCNS(=O)(=O)c1ccc(N)c(F)c1. The second kappa shape index (κ2) is 6.67. The minimum atomic E-state index is -3.85. The Hall–Kier alpha value is -1.67. The van der Waals surface area contributed by atoms with E-state index < -0.39 is 15.8 Å². The molecule has 0 aliphatic rings. The maximum Gasteiger partial charge on any atom is 0.240 e. The Balaban J connectivity index is 2.62. The summed E-state index contributed by atoms with van der Waals surface area (Å²) in [5.41, 5.74) is 5.15. The minimum Gasteiger partial charge on any atom is -0.396 e. The third-order valence-corrected chi connectivity index (χ3v) is 3.83. The molecule has 0 aromatic heterocycles. The number of nitrogens with two attached hydrogens (primary N) is 1. The summed E-state index contributed by atoms with van der Waals surface area (Å²) in [6.45, 7) is 3.55. The maximum absolute atomic E-state index is 13.2. The van der Waals surface area contributed by atoms with E-state index in [9.17, 15) is 17.6 Å². The summed E-state index contributed by atoms with van der Waals surface area (Å²) in [4.78, 5) is 11.1. The van der Waals surface area contributed by atoms with Crippen molar-refractivity contribution >= 4 is 21.6 Å². The fraction of sp³-hybridized carbons (Fsp3) is 0.417. The first-order chi connectivity index (χ1) is 9.22. The lowest BCUT2D eigenvalue weighted by Gasteiger charge is -2.09. The predicted octanol–water partition coefficient (Wildman–Crippen LogP) is 0.601. The van der Waals surface area contributed by atoms with Crippen LogP contribution in [0.5, 0.6) is 0 Å². The van der Waals surface area contributed by atoms with Crippen LogP contribution in [0.3, 0.4) is 0 Å². The zero-order chi connectivity index (χ0) is 15.3. The van der Waals surface area contributed by atoms with Gasteiger partial charge < -0.3 is 11.1 Å². The molecule has 0 fully saturated rings. The molecule has 0 unspecified atom stereocenters. The molecular formula is C12H18FN3O3S. The van der Waals surface area contributed by atoms with Gasteiger partial charge in [-0.3, -0.25) is 4.79 Å². The van der Waals surface area contributed by atoms with Crippen LogP contribution in [0.15, 0.2) is 23.1 Å². The zero-order valence-electron chi connectivity index (χ0n) is 11.3. The molecular weight excluding hydrogens is 285 g/mol. The lowest BCUT2D eigenvalue weighted by atomic mass is 10.3. The fourth-order valence-corrected chi connectivity index (χ4v) is 2.49. The predicted molar refractivity (Wildman–Crippen MR) is 73.9 cm³/mol. The highest BCUT2D eigenvalue weighted by Crippen LogP contribution is 2.15. The highest BCUT2D eigenvalue weighted by atomic mass is 32.2. The van der Waals surface area contributed by atoms with E-state index in [1.807, 2.05) is 0 Å². The molecule has 0 bridgehead atoms. The van der Waals surface area contributed by atoms with Gasteiger partial charge in [0, 0.05) is 19.0 Å². The summed E-state index contributed by atoms with van der Waals surface area (Å²) in [6.07, 6.45) is 0.00879. The average Bonchev–Trinajstić information content (AvgIpc) is 2.31. The minimum absolute atomic E-state index is 0.00879. The number of rotatable bonds is 6. The van der Waals surface area contributed by atoms with Crippen LogP contribution in [-0.2, 0) is 14.8 Å². The number of carbonyl (C=O) groups excluding carboxylic acids is 1. The first kappa shape index (κ1) is 16.4. The number of sulfonamides is 1. The molecule has 0 spiro atoms. The summed E-state index contributed by atoms with van der Waals surface area (Å²) < 4.78 is 39.2. The highest BCUT2D eigenvalue weighted by molar-refractivity contribution is 7.89. The number of halogens is 1. The molecule has 4 N–H and O–H groups in total. The number of nitrogen functional groups attached to an aromatic ring is 1. The molecule has 0 aliphatic heterocycles. The van der Waals surface area contributed by atoms with E-state index in [0.29, 0.717) is 0 Å². The second-order valence-electron chi connectivity index (χ2n) is 4.55. The largest absolute Gasteiger partial charge is 0.396 e. The van der Waals surface area contributed by atoms with Crippen LogP contribution in [0.4, 0.5) is 10.1 Å². The topological polar surface area (TPSA) is 101 Å². The number of benzene rings is 1. The molecule has 1 rings (SSSR count). The summed E-state index contributed by atoms with van der Waals surface area (Å²) >= 11 is 0. The van der Waals surface area contributed by atoms with Crippen molar-refractivity contribution in [1.82, 2.24) is 10.0 Å². The van der Waals surface area contributed by atoms with E-state index in [2.05, 4.69) is 10.0 Å². The molecule has 1 aromatic rings. The standard InChI is InChI=1S/C12H18FN3O3S/c1-8(2)16-12(17)5-6-15-20(18,19)9-3-4-11(14)10(13)7-9/h3-4,7-8,15H,5-6,14H2,1-2H3,(H,16,17). The van der Waals surface area contributed by atoms with E-state index in [0.717, 1.165) is 6.07 Å². The molecule has 1 amide bonds. The van der Waals surface area contributed by atoms with Gasteiger partial charge in [0.2, 0.25) is 15.9 Å². The Morgan fingerprint density at radius 2 is 2.05 bits per heavy atom. The lowest BCUT2D eigenvalue weighted by molar-refractivity contribution is -0.121. The smallest absolute Gasteiger partial charge is 0.240 e. The quantitative estimate of drug-likeness (QED) is 0.670. The van der Waals surface area contributed by atoms with Gasteiger partial charge in [-0.05, 0) is 32.0 Å². The number of amides is 1. The molecule has 0 saturated carbocycles. The van der Waals surface area contributed by atoms with Crippen LogP contribution in [-0.4, -0.2) is 26.9 Å². The normalized spacial score (nSPS) is 11.6. The number of carbonyl (C=O) groups is 1. The van der Waals surface area contributed by atoms with Crippen LogP contribution in [0.25, 0.3) is 0 Å². The summed E-state index contributed by atoms with van der Waals surface area (Å²) in [5.74, 6) is -1.06. The first-order valence-corrected chi connectivity index (χ1v) is 7.55. The molecule has 0 atom stereocenters. The van der Waals surface area contributed by atoms with Gasteiger partial charge in [-0.2, -0.15) is 0 Å². The number of nitrogens with one attached hydrogen (secondary N) is 2. The van der Waals surface area contributed by atoms with Crippen molar-refractivity contribution in [2.75, 3.05) is 12.3 Å². The van der Waals surface area contributed by atoms with Crippen molar-refractivity contribution in [2.45, 2.75) is 31.2 Å². The Labute approximate surface area is 117 Å². The van der Waals surface area contributed by atoms with Gasteiger partial charge in [0.1, 0.15) is 5.82 Å². The van der Waals surface area contributed by atoms with E-state index in [1.54, 1.807) is 13.8 Å². The van der Waals surface area contributed by atoms with Crippen LogP contribution < -0.4 is 15.8 Å². The van der Waals surface area contributed by atoms with Gasteiger partial charge in [-0.15, -0.1) is 0 Å². The third kappa shape index (κ3) is 4.78. The summed E-state index contributed by atoms with van der Waals surface area (Å²) in [6, 6.07) is 3.21. The van der Waals surface area contributed by atoms with Crippen molar-refractivity contribution < 1.29 is 17.6 Å². The highest BCUT2D eigenvalue weighted by Gasteiger charge is 2.16. The van der Waals surface area contributed by atoms with Crippen LogP contribution in [0.1, 0.15) is 20.3 Å². The van der Waals surface area contributed by atoms with E-state index in [4.69, 9.17) is 5.73 Å². The summed E-state index contributed by atoms with van der Waals surface area (Å²) in [7, 11) is -3.85.